The van der Waals surface area contributed by atoms with E-state index < -0.39 is 67.5 Å². The molecule has 0 bridgehead atoms. The maximum atomic E-state index is 10.2. The lowest BCUT2D eigenvalue weighted by Gasteiger charge is -2.04. The molecule has 14 nitrogen and oxygen atoms in total. The Morgan fingerprint density at radius 1 is 0.625 bits per heavy atom. The number of hydrogen-bond donors (Lipinski definition) is 6. The quantitative estimate of drug-likeness (QED) is 0.234. The fraction of sp³-hybridized carbons (Fsp3) is 0.500. The predicted molar refractivity (Wildman–Crippen MR) is 70.5 cm³/mol. The first-order valence-corrected chi connectivity index (χ1v) is 8.32. The summed E-state index contributed by atoms with van der Waals surface area (Å²) < 4.78 is 57.3. The highest BCUT2D eigenvalue weighted by Gasteiger charge is 2.33. The molecule has 0 aromatic heterocycles. The zero-order valence-electron chi connectivity index (χ0n) is 11.3. The summed E-state index contributed by atoms with van der Waals surface area (Å²) in [5, 5.41) is 27.8. The molecule has 0 amide bonds. The molecule has 16 heteroatoms. The van der Waals surface area contributed by atoms with E-state index in [-0.39, 0.29) is 0 Å². The Hall–Kier alpha value is -2.30. The summed E-state index contributed by atoms with van der Waals surface area (Å²) in [5.74, 6) is -7.00. The third kappa shape index (κ3) is 10.4. The van der Waals surface area contributed by atoms with Crippen LogP contribution in [0.15, 0.2) is 0 Å². The van der Waals surface area contributed by atoms with Gasteiger partial charge in [0.1, 0.15) is 0 Å². The van der Waals surface area contributed by atoms with Gasteiger partial charge in [0, 0.05) is 0 Å². The Bertz CT molecular complexity index is 639. The number of carboxylic acid groups (broad SMARTS) is 4. The van der Waals surface area contributed by atoms with Crippen molar-refractivity contribution in [2.24, 2.45) is 0 Å². The molecule has 2 unspecified atom stereocenters. The van der Waals surface area contributed by atoms with Gasteiger partial charge in [-0.05, 0) is 0 Å². The first-order valence-electron chi connectivity index (χ1n) is 5.32. The fourth-order valence-corrected chi connectivity index (χ4v) is 2.17. The van der Waals surface area contributed by atoms with Crippen LogP contribution in [0.5, 0.6) is 0 Å². The first-order chi connectivity index (χ1) is 10.5. The molecule has 24 heavy (non-hydrogen) atoms. The Morgan fingerprint density at radius 3 is 0.875 bits per heavy atom. The van der Waals surface area contributed by atoms with Gasteiger partial charge in [0.25, 0.3) is 20.2 Å². The third-order valence-corrected chi connectivity index (χ3v) is 4.16. The molecule has 0 aromatic rings. The third-order valence-electron chi connectivity index (χ3n) is 1.99. The molecule has 0 fully saturated rings. The standard InChI is InChI=1S/2C4H6O7S/c2*5-3(6)1-2(4(7)8)12(9,10)11/h2*2H,1H2,(H,5,6)(H,7,8)(H,9,10,11). The largest absolute Gasteiger partial charge is 0.481 e. The summed E-state index contributed by atoms with van der Waals surface area (Å²) in [4.78, 5) is 40.0. The Kier molecular flexibility index (Phi) is 9.09. The SMILES string of the molecule is O=C(O)CC(C(=O)O)S(=O)(=O)O.O=C(O)CC(C(=O)O)S(=O)(=O)O. The van der Waals surface area contributed by atoms with Gasteiger partial charge in [0.2, 0.25) is 0 Å². The number of rotatable bonds is 8. The van der Waals surface area contributed by atoms with Gasteiger partial charge in [-0.1, -0.05) is 0 Å². The lowest BCUT2D eigenvalue weighted by molar-refractivity contribution is -0.143. The number of carbonyl (C=O) groups is 4. The van der Waals surface area contributed by atoms with Crippen molar-refractivity contribution in [3.8, 4) is 0 Å². The number of aliphatic carboxylic acids is 4. The molecular weight excluding hydrogens is 384 g/mol. The van der Waals surface area contributed by atoms with Crippen LogP contribution >= 0.6 is 0 Å². The molecule has 6 N–H and O–H groups in total. The van der Waals surface area contributed by atoms with Crippen molar-refractivity contribution in [3.05, 3.63) is 0 Å². The van der Waals surface area contributed by atoms with Crippen molar-refractivity contribution < 1.29 is 65.5 Å². The fourth-order valence-electron chi connectivity index (χ4n) is 0.957. The zero-order chi connectivity index (χ0) is 19.9. The lowest BCUT2D eigenvalue weighted by Crippen LogP contribution is -2.31. The molecule has 0 aliphatic heterocycles. The lowest BCUT2D eigenvalue weighted by atomic mass is 10.3. The van der Waals surface area contributed by atoms with Crippen molar-refractivity contribution in [2.75, 3.05) is 0 Å². The van der Waals surface area contributed by atoms with E-state index in [2.05, 4.69) is 0 Å². The molecule has 0 aromatic carbocycles. The Labute approximate surface area is 133 Å². The van der Waals surface area contributed by atoms with Gasteiger partial charge in [-0.25, -0.2) is 0 Å². The Morgan fingerprint density at radius 2 is 0.833 bits per heavy atom. The number of carboxylic acids is 4. The average Bonchev–Trinajstić information content (AvgIpc) is 2.30. The summed E-state index contributed by atoms with van der Waals surface area (Å²) in [6.07, 6.45) is -2.32. The summed E-state index contributed by atoms with van der Waals surface area (Å²) in [7, 11) is -9.68. The highest BCUT2D eigenvalue weighted by atomic mass is 32.2. The second kappa shape index (κ2) is 9.11. The molecule has 0 radical (unpaired) electrons. The normalized spacial score (nSPS) is 13.8. The van der Waals surface area contributed by atoms with E-state index in [9.17, 15) is 36.0 Å². The van der Waals surface area contributed by atoms with E-state index in [0.29, 0.717) is 0 Å². The van der Waals surface area contributed by atoms with Crippen molar-refractivity contribution in [1.29, 1.82) is 0 Å². The van der Waals surface area contributed by atoms with Crippen LogP contribution in [-0.4, -0.2) is 80.7 Å². The van der Waals surface area contributed by atoms with Crippen LogP contribution in [0.2, 0.25) is 0 Å². The molecule has 0 saturated carbocycles. The van der Waals surface area contributed by atoms with Crippen LogP contribution in [0.25, 0.3) is 0 Å². The van der Waals surface area contributed by atoms with Crippen LogP contribution in [0, 0.1) is 0 Å². The van der Waals surface area contributed by atoms with Gasteiger partial charge in [-0.3, -0.25) is 28.3 Å². The van der Waals surface area contributed by atoms with Crippen molar-refractivity contribution in [2.45, 2.75) is 23.3 Å². The highest BCUT2D eigenvalue weighted by molar-refractivity contribution is 7.87. The monoisotopic (exact) mass is 396 g/mol. The van der Waals surface area contributed by atoms with Gasteiger partial charge in [0.05, 0.1) is 12.8 Å². The van der Waals surface area contributed by atoms with Crippen LogP contribution in [0.4, 0.5) is 0 Å². The smallest absolute Gasteiger partial charge is 0.325 e. The average molecular weight is 396 g/mol. The van der Waals surface area contributed by atoms with E-state index in [0.717, 1.165) is 0 Å². The maximum absolute atomic E-state index is 10.2. The van der Waals surface area contributed by atoms with Crippen LogP contribution < -0.4 is 0 Å². The van der Waals surface area contributed by atoms with Crippen molar-refractivity contribution in [3.63, 3.8) is 0 Å². The molecule has 0 aliphatic carbocycles. The molecule has 140 valence electrons. The summed E-state index contributed by atoms with van der Waals surface area (Å²) in [6.45, 7) is 0. The second-order valence-electron chi connectivity index (χ2n) is 3.88. The second-order valence-corrected chi connectivity index (χ2v) is 7.08. The van der Waals surface area contributed by atoms with E-state index in [1.807, 2.05) is 0 Å². The molecule has 0 rings (SSSR count). The Balaban J connectivity index is 0. The van der Waals surface area contributed by atoms with E-state index in [1.165, 1.54) is 0 Å². The highest BCUT2D eigenvalue weighted by Crippen LogP contribution is 2.04. The predicted octanol–water partition coefficient (Wildman–Crippen LogP) is -2.40. The van der Waals surface area contributed by atoms with Gasteiger partial charge >= 0.3 is 23.9 Å². The topological polar surface area (TPSA) is 258 Å². The summed E-state index contributed by atoms with van der Waals surface area (Å²) in [5.41, 5.74) is 0. The van der Waals surface area contributed by atoms with Gasteiger partial charge in [-0.2, -0.15) is 16.8 Å². The van der Waals surface area contributed by atoms with Crippen LogP contribution in [-0.2, 0) is 39.4 Å². The van der Waals surface area contributed by atoms with Gasteiger partial charge in [0.15, 0.2) is 10.5 Å². The minimum atomic E-state index is -4.84. The minimum Gasteiger partial charge on any atom is -0.481 e. The minimum absolute atomic E-state index is 1.16. The summed E-state index contributed by atoms with van der Waals surface area (Å²) in [6, 6.07) is 0. The molecule has 0 saturated heterocycles. The molecular formula is C8H12O14S2. The van der Waals surface area contributed by atoms with E-state index in [4.69, 9.17) is 29.5 Å². The number of hydrogen-bond acceptors (Lipinski definition) is 8. The first kappa shape index (κ1) is 24.0. The van der Waals surface area contributed by atoms with Crippen LogP contribution in [0.3, 0.4) is 0 Å². The molecule has 0 aliphatic rings. The van der Waals surface area contributed by atoms with E-state index in [1.54, 1.807) is 0 Å². The maximum Gasteiger partial charge on any atom is 0.325 e. The molecule has 0 heterocycles. The van der Waals surface area contributed by atoms with Crippen LogP contribution in [0.1, 0.15) is 12.8 Å². The van der Waals surface area contributed by atoms with Crippen molar-refractivity contribution in [1.82, 2.24) is 0 Å². The molecule has 2 atom stereocenters. The zero-order valence-corrected chi connectivity index (χ0v) is 13.0. The van der Waals surface area contributed by atoms with Gasteiger partial charge < -0.3 is 20.4 Å². The van der Waals surface area contributed by atoms with E-state index >= 15 is 0 Å². The molecule has 0 spiro atoms. The summed E-state index contributed by atoms with van der Waals surface area (Å²) >= 11 is 0. The van der Waals surface area contributed by atoms with Crippen molar-refractivity contribution >= 4 is 44.1 Å². The van der Waals surface area contributed by atoms with Gasteiger partial charge in [-0.15, -0.1) is 0 Å².